The third kappa shape index (κ3) is 6.60. The minimum absolute atomic E-state index is 0.0217. The normalized spacial score (nSPS) is 16.3. The molecule has 11 rings (SSSR count). The fourth-order valence-corrected chi connectivity index (χ4v) is 11.4. The van der Waals surface area contributed by atoms with Crippen LogP contribution in [-0.2, 0) is 27.1 Å². The van der Waals surface area contributed by atoms with Crippen LogP contribution in [0.15, 0.2) is 138 Å². The van der Waals surface area contributed by atoms with Gasteiger partial charge in [-0.2, -0.15) is 0 Å². The van der Waals surface area contributed by atoms with Gasteiger partial charge in [0.2, 0.25) is 0 Å². The maximum absolute atomic E-state index is 6.35. The molecule has 3 nitrogen and oxygen atoms in total. The van der Waals surface area contributed by atoms with Crippen molar-refractivity contribution in [2.24, 2.45) is 0 Å². The third-order valence-electron chi connectivity index (χ3n) is 15.6. The molecule has 4 heteroatoms. The lowest BCUT2D eigenvalue weighted by molar-refractivity contribution is 0.332. The fourth-order valence-electron chi connectivity index (χ4n) is 11.4. The Labute approximate surface area is 393 Å². The Morgan fingerprint density at radius 3 is 1.59 bits per heavy atom. The molecule has 0 spiro atoms. The van der Waals surface area contributed by atoms with E-state index >= 15 is 0 Å². The Morgan fingerprint density at radius 1 is 0.470 bits per heavy atom. The standard InChI is InChI=1S/C62H65BN2O/c1-58(2,3)39-23-29-50-48(33-39)63-49-34-40(59(4,5)6)24-30-51(49)65(43-27-28-46-47(37-43)62(12,13)32-31-61(46,10)11)53-36-41(60(7,8)9)35-52(57(53)63)64(50)42-25-21-38(22-26-42)44-18-16-20-55-56(44)45-17-14-15-19-54(45)66-55/h14-30,33-37H,31-32H2,1-13H3. The van der Waals surface area contributed by atoms with E-state index in [-0.39, 0.29) is 33.8 Å². The van der Waals surface area contributed by atoms with Crippen molar-refractivity contribution in [3.05, 3.63) is 161 Å². The van der Waals surface area contributed by atoms with Crippen LogP contribution < -0.4 is 26.2 Å². The van der Waals surface area contributed by atoms with Gasteiger partial charge in [0, 0.05) is 44.9 Å². The van der Waals surface area contributed by atoms with Gasteiger partial charge >= 0.3 is 0 Å². The predicted molar refractivity (Wildman–Crippen MR) is 285 cm³/mol. The van der Waals surface area contributed by atoms with E-state index in [4.69, 9.17) is 4.42 Å². The first-order valence-electron chi connectivity index (χ1n) is 24.3. The van der Waals surface area contributed by atoms with E-state index in [0.717, 1.165) is 27.6 Å². The van der Waals surface area contributed by atoms with Crippen molar-refractivity contribution in [2.45, 2.75) is 130 Å². The summed E-state index contributed by atoms with van der Waals surface area (Å²) in [7, 11) is 0. The Balaban J connectivity index is 1.19. The van der Waals surface area contributed by atoms with Gasteiger partial charge in [0.1, 0.15) is 11.2 Å². The summed E-state index contributed by atoms with van der Waals surface area (Å²) in [5, 5.41) is 2.31. The molecule has 3 aliphatic rings. The summed E-state index contributed by atoms with van der Waals surface area (Å²) < 4.78 is 6.35. The van der Waals surface area contributed by atoms with Gasteiger partial charge in [-0.1, -0.05) is 163 Å². The predicted octanol–water partition coefficient (Wildman–Crippen LogP) is 15.6. The number of rotatable bonds is 3. The molecule has 0 unspecified atom stereocenters. The quantitative estimate of drug-likeness (QED) is 0.165. The Kier molecular flexibility index (Phi) is 9.21. The van der Waals surface area contributed by atoms with Crippen LogP contribution in [0.2, 0.25) is 0 Å². The molecule has 3 heterocycles. The number of para-hydroxylation sites is 1. The number of hydrogen-bond donors (Lipinski definition) is 0. The zero-order chi connectivity index (χ0) is 46.5. The van der Waals surface area contributed by atoms with Crippen LogP contribution in [0.3, 0.4) is 0 Å². The molecule has 0 amide bonds. The molecule has 0 saturated carbocycles. The molecule has 1 aliphatic carbocycles. The Hall–Kier alpha value is -6.00. The number of hydrogen-bond acceptors (Lipinski definition) is 3. The van der Waals surface area contributed by atoms with Crippen molar-refractivity contribution in [1.29, 1.82) is 0 Å². The SMILES string of the molecule is CC(C)(C)c1ccc2c(c1)B1c3cc(C(C)(C)C)ccc3N(c3ccc4c(c3)C(C)(C)CCC4(C)C)c3cc(C(C)(C)C)cc(c31)N2c1ccc(-c2cccc3oc4ccccc4c23)cc1. The van der Waals surface area contributed by atoms with Gasteiger partial charge in [0.25, 0.3) is 6.71 Å². The summed E-state index contributed by atoms with van der Waals surface area (Å²) in [6, 6.07) is 51.4. The molecule has 2 aliphatic heterocycles. The molecule has 0 saturated heterocycles. The van der Waals surface area contributed by atoms with Gasteiger partial charge in [-0.15, -0.1) is 0 Å². The molecular formula is C62H65BN2O. The topological polar surface area (TPSA) is 19.6 Å². The number of nitrogens with zero attached hydrogens (tertiary/aromatic N) is 2. The highest BCUT2D eigenvalue weighted by Gasteiger charge is 2.46. The van der Waals surface area contributed by atoms with Crippen LogP contribution in [0, 0.1) is 0 Å². The van der Waals surface area contributed by atoms with Crippen molar-refractivity contribution >= 4 is 79.2 Å². The molecule has 0 radical (unpaired) electrons. The summed E-state index contributed by atoms with van der Waals surface area (Å²) in [6.45, 7) is 31.0. The van der Waals surface area contributed by atoms with Crippen LogP contribution >= 0.6 is 0 Å². The Bertz CT molecular complexity index is 3270. The van der Waals surface area contributed by atoms with E-state index in [1.165, 1.54) is 96.6 Å². The first-order chi connectivity index (χ1) is 31.1. The lowest BCUT2D eigenvalue weighted by Gasteiger charge is -2.46. The smallest absolute Gasteiger partial charge is 0.252 e. The Morgan fingerprint density at radius 2 is 1.00 bits per heavy atom. The molecule has 0 N–H and O–H groups in total. The van der Waals surface area contributed by atoms with Gasteiger partial charge in [-0.3, -0.25) is 0 Å². The number of benzene rings is 7. The zero-order valence-electron chi connectivity index (χ0n) is 41.5. The largest absolute Gasteiger partial charge is 0.456 e. The molecule has 0 fully saturated rings. The first-order valence-corrected chi connectivity index (χ1v) is 24.3. The van der Waals surface area contributed by atoms with Crippen LogP contribution in [0.4, 0.5) is 34.1 Å². The van der Waals surface area contributed by atoms with Crippen molar-refractivity contribution < 1.29 is 4.42 Å². The summed E-state index contributed by atoms with van der Waals surface area (Å²) >= 11 is 0. The van der Waals surface area contributed by atoms with Gasteiger partial charge < -0.3 is 14.2 Å². The van der Waals surface area contributed by atoms with Crippen molar-refractivity contribution in [1.82, 2.24) is 0 Å². The van der Waals surface area contributed by atoms with Gasteiger partial charge in [-0.05, 0) is 156 Å². The van der Waals surface area contributed by atoms with E-state index in [1.807, 2.05) is 6.07 Å². The van der Waals surface area contributed by atoms with Crippen LogP contribution in [-0.4, -0.2) is 6.71 Å². The second kappa shape index (κ2) is 14.3. The summed E-state index contributed by atoms with van der Waals surface area (Å²) in [5.74, 6) is 0. The minimum atomic E-state index is -0.108. The molecule has 1 aromatic heterocycles. The van der Waals surface area contributed by atoms with Gasteiger partial charge in [-0.25, -0.2) is 0 Å². The number of furan rings is 1. The van der Waals surface area contributed by atoms with Crippen molar-refractivity contribution in [3.63, 3.8) is 0 Å². The first kappa shape index (κ1) is 42.6. The van der Waals surface area contributed by atoms with E-state index in [2.05, 4.69) is 227 Å². The molecular weight excluding hydrogens is 800 g/mol. The van der Waals surface area contributed by atoms with Crippen LogP contribution in [0.25, 0.3) is 33.1 Å². The minimum Gasteiger partial charge on any atom is -0.456 e. The van der Waals surface area contributed by atoms with Crippen LogP contribution in [0.5, 0.6) is 0 Å². The fraction of sp³-hybridized carbons (Fsp3) is 0.323. The summed E-state index contributed by atoms with van der Waals surface area (Å²) in [5.41, 5.74) is 22.8. The lowest BCUT2D eigenvalue weighted by Crippen LogP contribution is -2.61. The van der Waals surface area contributed by atoms with E-state index in [0.29, 0.717) is 0 Å². The highest BCUT2D eigenvalue weighted by atomic mass is 16.3. The third-order valence-corrected chi connectivity index (χ3v) is 15.6. The molecule has 0 atom stereocenters. The highest BCUT2D eigenvalue weighted by Crippen LogP contribution is 2.51. The number of fused-ring (bicyclic) bond motifs is 8. The van der Waals surface area contributed by atoms with Crippen molar-refractivity contribution in [3.8, 4) is 11.1 Å². The zero-order valence-corrected chi connectivity index (χ0v) is 41.5. The molecule has 0 bridgehead atoms. The van der Waals surface area contributed by atoms with E-state index in [1.54, 1.807) is 0 Å². The lowest BCUT2D eigenvalue weighted by atomic mass is 9.33. The van der Waals surface area contributed by atoms with E-state index < -0.39 is 0 Å². The molecule has 332 valence electrons. The highest BCUT2D eigenvalue weighted by molar-refractivity contribution is 7.00. The maximum Gasteiger partial charge on any atom is 0.252 e. The van der Waals surface area contributed by atoms with E-state index in [9.17, 15) is 0 Å². The molecule has 66 heavy (non-hydrogen) atoms. The second-order valence-electron chi connectivity index (χ2n) is 24.2. The molecule has 7 aromatic carbocycles. The average Bonchev–Trinajstić information content (AvgIpc) is 3.65. The van der Waals surface area contributed by atoms with Gasteiger partial charge in [0.15, 0.2) is 0 Å². The summed E-state index contributed by atoms with van der Waals surface area (Å²) in [6.07, 6.45) is 2.37. The molecule has 8 aromatic rings. The second-order valence-corrected chi connectivity index (χ2v) is 24.2. The maximum atomic E-state index is 6.35. The summed E-state index contributed by atoms with van der Waals surface area (Å²) in [4.78, 5) is 5.22. The monoisotopic (exact) mass is 865 g/mol. The number of anilines is 6. The average molecular weight is 865 g/mol. The van der Waals surface area contributed by atoms with Crippen LogP contribution in [0.1, 0.15) is 131 Å². The van der Waals surface area contributed by atoms with Crippen molar-refractivity contribution in [2.75, 3.05) is 9.80 Å². The van der Waals surface area contributed by atoms with Gasteiger partial charge in [0.05, 0.1) is 0 Å².